The van der Waals surface area contributed by atoms with Crippen molar-refractivity contribution in [1.82, 2.24) is 0 Å². The maximum atomic E-state index is 12.0. The summed E-state index contributed by atoms with van der Waals surface area (Å²) in [7, 11) is 0. The molecule has 0 aliphatic heterocycles. The van der Waals surface area contributed by atoms with Gasteiger partial charge in [-0.25, -0.2) is 0 Å². The third kappa shape index (κ3) is 2.78. The quantitative estimate of drug-likeness (QED) is 0.891. The van der Waals surface area contributed by atoms with Crippen molar-refractivity contribution in [2.24, 2.45) is 5.73 Å². The number of carbonyl (C=O) groups is 1. The third-order valence-electron chi connectivity index (χ3n) is 2.78. The number of anilines is 1. The zero-order valence-electron chi connectivity index (χ0n) is 10.4. The first-order chi connectivity index (χ1) is 8.58. The zero-order valence-corrected chi connectivity index (χ0v) is 11.3. The fourth-order valence-corrected chi connectivity index (χ4v) is 2.40. The van der Waals surface area contributed by atoms with Gasteiger partial charge in [-0.05, 0) is 42.5 Å². The van der Waals surface area contributed by atoms with Crippen molar-refractivity contribution in [3.63, 3.8) is 0 Å². The molecule has 0 aliphatic rings. The summed E-state index contributed by atoms with van der Waals surface area (Å²) >= 11 is 1.49. The smallest absolute Gasteiger partial charge is 0.246 e. The molecule has 0 aliphatic carbocycles. The van der Waals surface area contributed by atoms with E-state index >= 15 is 0 Å². The first-order valence-corrected chi connectivity index (χ1v) is 6.63. The van der Waals surface area contributed by atoms with E-state index in [1.807, 2.05) is 49.6 Å². The fraction of sp³-hybridized carbons (Fsp3) is 0.214. The Labute approximate surface area is 111 Å². The Balaban J connectivity index is 2.14. The maximum Gasteiger partial charge on any atom is 0.246 e. The molecule has 0 radical (unpaired) electrons. The molecule has 1 unspecified atom stereocenters. The largest absolute Gasteiger partial charge is 0.324 e. The minimum absolute atomic E-state index is 0.175. The molecule has 3 nitrogen and oxygen atoms in total. The molecule has 1 heterocycles. The molecule has 94 valence electrons. The van der Waals surface area contributed by atoms with Gasteiger partial charge < -0.3 is 11.1 Å². The van der Waals surface area contributed by atoms with Crippen LogP contribution >= 0.6 is 11.3 Å². The molecule has 0 spiro atoms. The van der Waals surface area contributed by atoms with Crippen molar-refractivity contribution in [1.29, 1.82) is 0 Å². The minimum Gasteiger partial charge on any atom is -0.324 e. The van der Waals surface area contributed by atoms with Crippen LogP contribution in [-0.4, -0.2) is 5.91 Å². The monoisotopic (exact) mass is 260 g/mol. The summed E-state index contributed by atoms with van der Waals surface area (Å²) in [6.07, 6.45) is 0. The second kappa shape index (κ2) is 5.33. The SMILES string of the molecule is Cc1ccc(C)c(NC(=O)C(N)c2cccs2)c1. The van der Waals surface area contributed by atoms with Crippen molar-refractivity contribution in [2.45, 2.75) is 19.9 Å². The molecular weight excluding hydrogens is 244 g/mol. The Morgan fingerprint density at radius 2 is 2.11 bits per heavy atom. The lowest BCUT2D eigenvalue weighted by atomic mass is 10.1. The number of carbonyl (C=O) groups excluding carboxylic acids is 1. The highest BCUT2D eigenvalue weighted by Gasteiger charge is 2.17. The predicted octanol–water partition coefficient (Wildman–Crippen LogP) is 3.00. The highest BCUT2D eigenvalue weighted by atomic mass is 32.1. The van der Waals surface area contributed by atoms with Crippen LogP contribution in [0.5, 0.6) is 0 Å². The Morgan fingerprint density at radius 1 is 1.33 bits per heavy atom. The first-order valence-electron chi connectivity index (χ1n) is 5.75. The Kier molecular flexibility index (Phi) is 3.79. The minimum atomic E-state index is -0.607. The second-order valence-electron chi connectivity index (χ2n) is 4.30. The van der Waals surface area contributed by atoms with E-state index in [0.717, 1.165) is 21.7 Å². The third-order valence-corrected chi connectivity index (χ3v) is 3.74. The molecule has 0 saturated carbocycles. The summed E-state index contributed by atoms with van der Waals surface area (Å²) in [6.45, 7) is 3.96. The lowest BCUT2D eigenvalue weighted by molar-refractivity contribution is -0.117. The van der Waals surface area contributed by atoms with Crippen LogP contribution in [0.15, 0.2) is 35.7 Å². The van der Waals surface area contributed by atoms with Crippen LogP contribution in [0, 0.1) is 13.8 Å². The van der Waals surface area contributed by atoms with Gasteiger partial charge in [0.05, 0.1) is 0 Å². The normalized spacial score (nSPS) is 12.2. The van der Waals surface area contributed by atoms with Gasteiger partial charge in [0.2, 0.25) is 5.91 Å². The van der Waals surface area contributed by atoms with E-state index < -0.39 is 6.04 Å². The van der Waals surface area contributed by atoms with Crippen molar-refractivity contribution in [3.8, 4) is 0 Å². The van der Waals surface area contributed by atoms with E-state index in [9.17, 15) is 4.79 Å². The van der Waals surface area contributed by atoms with Gasteiger partial charge in [-0.15, -0.1) is 11.3 Å². The number of benzene rings is 1. The lowest BCUT2D eigenvalue weighted by Crippen LogP contribution is -2.27. The number of hydrogen-bond acceptors (Lipinski definition) is 3. The summed E-state index contributed by atoms with van der Waals surface area (Å²) in [5.74, 6) is -0.175. The van der Waals surface area contributed by atoms with Gasteiger partial charge in [-0.2, -0.15) is 0 Å². The average molecular weight is 260 g/mol. The van der Waals surface area contributed by atoms with Crippen LogP contribution in [-0.2, 0) is 4.79 Å². The van der Waals surface area contributed by atoms with E-state index in [1.54, 1.807) is 0 Å². The highest BCUT2D eigenvalue weighted by Crippen LogP contribution is 2.21. The van der Waals surface area contributed by atoms with Gasteiger partial charge in [-0.3, -0.25) is 4.79 Å². The summed E-state index contributed by atoms with van der Waals surface area (Å²) in [4.78, 5) is 12.9. The second-order valence-corrected chi connectivity index (χ2v) is 5.28. The molecule has 0 fully saturated rings. The molecule has 1 aromatic heterocycles. The molecule has 0 bridgehead atoms. The van der Waals surface area contributed by atoms with E-state index in [2.05, 4.69) is 5.32 Å². The Hall–Kier alpha value is -1.65. The van der Waals surface area contributed by atoms with Crippen molar-refractivity contribution < 1.29 is 4.79 Å². The standard InChI is InChI=1S/C14H16N2OS/c1-9-5-6-10(2)11(8-9)16-14(17)13(15)12-4-3-7-18-12/h3-8,13H,15H2,1-2H3,(H,16,17). The number of rotatable bonds is 3. The molecule has 0 saturated heterocycles. The number of amides is 1. The summed E-state index contributed by atoms with van der Waals surface area (Å²) in [6, 6.07) is 9.12. The van der Waals surface area contributed by atoms with Gasteiger partial charge >= 0.3 is 0 Å². The van der Waals surface area contributed by atoms with Gasteiger partial charge in [0.15, 0.2) is 0 Å². The number of hydrogen-bond donors (Lipinski definition) is 2. The molecule has 2 aromatic rings. The molecule has 4 heteroatoms. The average Bonchev–Trinajstić information content (AvgIpc) is 2.86. The zero-order chi connectivity index (χ0) is 13.1. The lowest BCUT2D eigenvalue weighted by Gasteiger charge is -2.13. The van der Waals surface area contributed by atoms with E-state index in [0.29, 0.717) is 0 Å². The fourth-order valence-electron chi connectivity index (χ4n) is 1.68. The molecule has 1 amide bonds. The Bertz CT molecular complexity index is 549. The summed E-state index contributed by atoms with van der Waals surface area (Å²) in [5.41, 5.74) is 8.89. The Morgan fingerprint density at radius 3 is 2.78 bits per heavy atom. The maximum absolute atomic E-state index is 12.0. The van der Waals surface area contributed by atoms with Crippen LogP contribution in [0.4, 0.5) is 5.69 Å². The van der Waals surface area contributed by atoms with E-state index in [4.69, 9.17) is 5.73 Å². The van der Waals surface area contributed by atoms with Crippen LogP contribution in [0.3, 0.4) is 0 Å². The topological polar surface area (TPSA) is 55.1 Å². The number of aryl methyl sites for hydroxylation is 2. The van der Waals surface area contributed by atoms with Gasteiger partial charge in [0.1, 0.15) is 6.04 Å². The predicted molar refractivity (Wildman–Crippen MR) is 75.8 cm³/mol. The van der Waals surface area contributed by atoms with Crippen molar-refractivity contribution in [2.75, 3.05) is 5.32 Å². The molecular formula is C14H16N2OS. The number of nitrogens with one attached hydrogen (secondary N) is 1. The highest BCUT2D eigenvalue weighted by molar-refractivity contribution is 7.10. The summed E-state index contributed by atoms with van der Waals surface area (Å²) in [5, 5.41) is 4.80. The van der Waals surface area contributed by atoms with Crippen molar-refractivity contribution in [3.05, 3.63) is 51.7 Å². The van der Waals surface area contributed by atoms with Crippen molar-refractivity contribution >= 4 is 22.9 Å². The molecule has 1 aromatic carbocycles. The molecule has 2 rings (SSSR count). The number of nitrogens with two attached hydrogens (primary N) is 1. The van der Waals surface area contributed by atoms with Gasteiger partial charge in [0.25, 0.3) is 0 Å². The van der Waals surface area contributed by atoms with Crippen LogP contribution in [0.25, 0.3) is 0 Å². The van der Waals surface area contributed by atoms with Gasteiger partial charge in [-0.1, -0.05) is 18.2 Å². The van der Waals surface area contributed by atoms with Gasteiger partial charge in [0, 0.05) is 10.6 Å². The molecule has 18 heavy (non-hydrogen) atoms. The van der Waals surface area contributed by atoms with E-state index in [-0.39, 0.29) is 5.91 Å². The molecule has 1 atom stereocenters. The number of thiophene rings is 1. The van der Waals surface area contributed by atoms with E-state index in [1.165, 1.54) is 11.3 Å². The van der Waals surface area contributed by atoms with Crippen LogP contribution < -0.4 is 11.1 Å². The van der Waals surface area contributed by atoms with Crippen LogP contribution in [0.2, 0.25) is 0 Å². The first kappa shape index (κ1) is 12.8. The van der Waals surface area contributed by atoms with Crippen LogP contribution in [0.1, 0.15) is 22.0 Å². The summed E-state index contributed by atoms with van der Waals surface area (Å²) < 4.78 is 0. The molecule has 3 N–H and O–H groups in total.